The number of aliphatic hydroxyl groups excluding tert-OH is 1. The first kappa shape index (κ1) is 15.4. The summed E-state index contributed by atoms with van der Waals surface area (Å²) in [6.45, 7) is 0. The van der Waals surface area contributed by atoms with Crippen LogP contribution >= 0.6 is 11.3 Å². The van der Waals surface area contributed by atoms with Crippen molar-refractivity contribution in [3.8, 4) is 11.4 Å². The molecule has 0 bridgehead atoms. The molecule has 3 heterocycles. The monoisotopic (exact) mass is 351 g/mol. The summed E-state index contributed by atoms with van der Waals surface area (Å²) < 4.78 is 0. The number of carbonyl (C=O) groups is 1. The molecule has 0 aliphatic rings. The summed E-state index contributed by atoms with van der Waals surface area (Å²) in [5, 5.41) is 15.8. The van der Waals surface area contributed by atoms with Crippen molar-refractivity contribution >= 4 is 33.4 Å². The number of aromatic amines is 1. The second-order valence-corrected chi connectivity index (χ2v) is 6.16. The topological polar surface area (TPSA) is 104 Å². The van der Waals surface area contributed by atoms with Crippen LogP contribution in [-0.4, -0.2) is 30.9 Å². The van der Waals surface area contributed by atoms with Crippen molar-refractivity contribution in [2.75, 3.05) is 5.32 Å². The first-order valence-corrected chi connectivity index (χ1v) is 8.38. The molecule has 0 saturated carbocycles. The molecular formula is C17H13N5O2S. The minimum absolute atomic E-state index is 0.400. The first-order valence-electron chi connectivity index (χ1n) is 7.50. The summed E-state index contributed by atoms with van der Waals surface area (Å²) in [6, 6.07) is 10.6. The molecule has 0 aliphatic carbocycles. The van der Waals surface area contributed by atoms with E-state index in [9.17, 15) is 9.90 Å². The standard InChI is InChI=1S/C17H13N5O2S/c23-14(10-4-2-1-3-5-10)16(24)22-17-21-12(8-25-17)13-11-6-7-18-15(11)20-9-19-13/h1-9,14,23H,(H,18,19,20)(H,21,22,24). The molecule has 0 radical (unpaired) electrons. The summed E-state index contributed by atoms with van der Waals surface area (Å²) >= 11 is 1.27. The molecule has 3 N–H and O–H groups in total. The largest absolute Gasteiger partial charge is 0.378 e. The summed E-state index contributed by atoms with van der Waals surface area (Å²) in [5.74, 6) is -0.526. The molecule has 1 atom stereocenters. The molecule has 1 unspecified atom stereocenters. The van der Waals surface area contributed by atoms with Crippen LogP contribution in [0.1, 0.15) is 11.7 Å². The number of hydrogen-bond donors (Lipinski definition) is 3. The van der Waals surface area contributed by atoms with Crippen molar-refractivity contribution in [3.63, 3.8) is 0 Å². The minimum atomic E-state index is -1.25. The maximum atomic E-state index is 12.2. The van der Waals surface area contributed by atoms with Gasteiger partial charge in [0.2, 0.25) is 0 Å². The number of benzene rings is 1. The molecule has 1 aromatic carbocycles. The Morgan fingerprint density at radius 1 is 1.20 bits per heavy atom. The summed E-state index contributed by atoms with van der Waals surface area (Å²) in [7, 11) is 0. The van der Waals surface area contributed by atoms with Crippen LogP contribution in [0, 0.1) is 0 Å². The number of fused-ring (bicyclic) bond motifs is 1. The van der Waals surface area contributed by atoms with Crippen molar-refractivity contribution in [1.82, 2.24) is 19.9 Å². The van der Waals surface area contributed by atoms with Gasteiger partial charge in [0.1, 0.15) is 23.4 Å². The smallest absolute Gasteiger partial charge is 0.259 e. The molecule has 25 heavy (non-hydrogen) atoms. The van der Waals surface area contributed by atoms with E-state index in [0.29, 0.717) is 22.1 Å². The Balaban J connectivity index is 1.56. The number of nitrogens with zero attached hydrogens (tertiary/aromatic N) is 3. The Morgan fingerprint density at radius 3 is 2.88 bits per heavy atom. The fourth-order valence-electron chi connectivity index (χ4n) is 2.48. The first-order chi connectivity index (χ1) is 12.2. The highest BCUT2D eigenvalue weighted by Crippen LogP contribution is 2.28. The average Bonchev–Trinajstić information content (AvgIpc) is 3.30. The van der Waals surface area contributed by atoms with Gasteiger partial charge in [0, 0.05) is 17.0 Å². The zero-order valence-electron chi connectivity index (χ0n) is 12.9. The average molecular weight is 351 g/mol. The number of nitrogens with one attached hydrogen (secondary N) is 2. The zero-order valence-corrected chi connectivity index (χ0v) is 13.7. The highest BCUT2D eigenvalue weighted by Gasteiger charge is 2.19. The fraction of sp³-hybridized carbons (Fsp3) is 0.0588. The Labute approximate surface area is 146 Å². The van der Waals surface area contributed by atoms with Crippen molar-refractivity contribution in [1.29, 1.82) is 0 Å². The van der Waals surface area contributed by atoms with E-state index in [0.717, 1.165) is 11.0 Å². The van der Waals surface area contributed by atoms with Crippen LogP contribution < -0.4 is 5.32 Å². The Bertz CT molecular complexity index is 1030. The second kappa shape index (κ2) is 6.42. The maximum absolute atomic E-state index is 12.2. The van der Waals surface area contributed by atoms with Gasteiger partial charge in [-0.3, -0.25) is 10.1 Å². The van der Waals surface area contributed by atoms with E-state index in [4.69, 9.17) is 0 Å². The van der Waals surface area contributed by atoms with Crippen molar-refractivity contribution < 1.29 is 9.90 Å². The SMILES string of the molecule is O=C(Nc1nc(-c2ncnc3[nH]ccc23)cs1)C(O)c1ccccc1. The predicted octanol–water partition coefficient (Wildman–Crippen LogP) is 2.75. The molecule has 0 aliphatic heterocycles. The van der Waals surface area contributed by atoms with Gasteiger partial charge < -0.3 is 10.1 Å². The maximum Gasteiger partial charge on any atom is 0.259 e. The summed E-state index contributed by atoms with van der Waals surface area (Å²) in [6.07, 6.45) is 2.00. The lowest BCUT2D eigenvalue weighted by Gasteiger charge is -2.09. The van der Waals surface area contributed by atoms with E-state index in [1.807, 2.05) is 12.1 Å². The molecule has 7 nitrogen and oxygen atoms in total. The van der Waals surface area contributed by atoms with E-state index in [2.05, 4.69) is 25.3 Å². The number of amides is 1. The van der Waals surface area contributed by atoms with Gasteiger partial charge in [0.25, 0.3) is 5.91 Å². The van der Waals surface area contributed by atoms with E-state index >= 15 is 0 Å². The molecule has 0 saturated heterocycles. The van der Waals surface area contributed by atoms with Crippen LogP contribution in [0.4, 0.5) is 5.13 Å². The number of anilines is 1. The van der Waals surface area contributed by atoms with E-state index in [1.54, 1.807) is 35.8 Å². The molecule has 1 amide bonds. The highest BCUT2D eigenvalue weighted by molar-refractivity contribution is 7.14. The Morgan fingerprint density at radius 2 is 2.04 bits per heavy atom. The quantitative estimate of drug-likeness (QED) is 0.524. The van der Waals surface area contributed by atoms with Crippen molar-refractivity contribution in [2.24, 2.45) is 0 Å². The fourth-order valence-corrected chi connectivity index (χ4v) is 3.18. The number of aliphatic hydroxyl groups is 1. The molecule has 4 aromatic rings. The van der Waals surface area contributed by atoms with Gasteiger partial charge in [-0.25, -0.2) is 15.0 Å². The van der Waals surface area contributed by atoms with E-state index in [-0.39, 0.29) is 0 Å². The summed E-state index contributed by atoms with van der Waals surface area (Å²) in [5.41, 5.74) is 2.58. The van der Waals surface area contributed by atoms with Crippen LogP contribution in [0.15, 0.2) is 54.3 Å². The zero-order chi connectivity index (χ0) is 17.2. The van der Waals surface area contributed by atoms with Gasteiger partial charge in [-0.2, -0.15) is 0 Å². The van der Waals surface area contributed by atoms with Crippen LogP contribution in [0.2, 0.25) is 0 Å². The molecule has 0 spiro atoms. The highest BCUT2D eigenvalue weighted by atomic mass is 32.1. The van der Waals surface area contributed by atoms with Crippen LogP contribution in [0.3, 0.4) is 0 Å². The third kappa shape index (κ3) is 3.00. The molecule has 8 heteroatoms. The molecular weight excluding hydrogens is 338 g/mol. The lowest BCUT2D eigenvalue weighted by Crippen LogP contribution is -2.20. The molecule has 3 aromatic heterocycles. The number of rotatable bonds is 4. The van der Waals surface area contributed by atoms with Gasteiger partial charge in [-0.15, -0.1) is 11.3 Å². The van der Waals surface area contributed by atoms with E-state index < -0.39 is 12.0 Å². The van der Waals surface area contributed by atoms with Crippen LogP contribution in [-0.2, 0) is 4.79 Å². The second-order valence-electron chi connectivity index (χ2n) is 5.30. The number of aromatic nitrogens is 4. The third-order valence-electron chi connectivity index (χ3n) is 3.69. The number of H-pyrrole nitrogens is 1. The third-order valence-corrected chi connectivity index (χ3v) is 4.45. The number of thiazole rings is 1. The van der Waals surface area contributed by atoms with E-state index in [1.165, 1.54) is 17.7 Å². The van der Waals surface area contributed by atoms with Gasteiger partial charge in [0.15, 0.2) is 11.2 Å². The lowest BCUT2D eigenvalue weighted by molar-refractivity contribution is -0.124. The Kier molecular flexibility index (Phi) is 3.96. The van der Waals surface area contributed by atoms with Crippen LogP contribution in [0.5, 0.6) is 0 Å². The van der Waals surface area contributed by atoms with Gasteiger partial charge in [-0.05, 0) is 11.6 Å². The lowest BCUT2D eigenvalue weighted by atomic mass is 10.1. The van der Waals surface area contributed by atoms with Crippen molar-refractivity contribution in [3.05, 3.63) is 59.9 Å². The Hall–Kier alpha value is -3.10. The molecule has 4 rings (SSSR count). The number of carbonyl (C=O) groups excluding carboxylic acids is 1. The number of hydrogen-bond acceptors (Lipinski definition) is 6. The minimum Gasteiger partial charge on any atom is -0.378 e. The molecule has 124 valence electrons. The molecule has 0 fully saturated rings. The van der Waals surface area contributed by atoms with Gasteiger partial charge in [-0.1, -0.05) is 30.3 Å². The van der Waals surface area contributed by atoms with Crippen molar-refractivity contribution in [2.45, 2.75) is 6.10 Å². The normalized spacial score (nSPS) is 12.2. The van der Waals surface area contributed by atoms with Gasteiger partial charge in [0.05, 0.1) is 0 Å². The van der Waals surface area contributed by atoms with Gasteiger partial charge >= 0.3 is 0 Å². The summed E-state index contributed by atoms with van der Waals surface area (Å²) in [4.78, 5) is 28.0. The van der Waals surface area contributed by atoms with Crippen LogP contribution in [0.25, 0.3) is 22.4 Å². The predicted molar refractivity (Wildman–Crippen MR) is 95.0 cm³/mol.